The zero-order valence-electron chi connectivity index (χ0n) is 7.08. The average molecular weight is 176 g/mol. The van der Waals surface area contributed by atoms with Gasteiger partial charge in [0.2, 0.25) is 0 Å². The summed E-state index contributed by atoms with van der Waals surface area (Å²) in [7, 11) is 0. The molecule has 1 aromatic rings. The van der Waals surface area contributed by atoms with Crippen LogP contribution < -0.4 is 5.73 Å². The molecule has 0 heterocycles. The smallest absolute Gasteiger partial charge is 0.325 e. The monoisotopic (exact) mass is 176 g/mol. The third-order valence-electron chi connectivity index (χ3n) is 2.51. The van der Waals surface area contributed by atoms with Crippen molar-refractivity contribution in [3.63, 3.8) is 0 Å². The van der Waals surface area contributed by atoms with Crippen molar-refractivity contribution in [1.29, 1.82) is 0 Å². The van der Waals surface area contributed by atoms with Gasteiger partial charge >= 0.3 is 5.97 Å². The van der Waals surface area contributed by atoms with Crippen molar-refractivity contribution in [2.75, 3.05) is 0 Å². The lowest BCUT2D eigenvalue weighted by atomic mass is 9.98. The largest absolute Gasteiger partial charge is 0.480 e. The highest BCUT2D eigenvalue weighted by molar-refractivity contribution is 5.80. The minimum absolute atomic E-state index is 0.332. The summed E-state index contributed by atoms with van der Waals surface area (Å²) in [6.07, 6.45) is 0.664. The maximum absolute atomic E-state index is 10.8. The average Bonchev–Trinajstić information content (AvgIpc) is 2.42. The molecule has 0 aliphatic heterocycles. The molecule has 3 heteroatoms. The summed E-state index contributed by atoms with van der Waals surface area (Å²) in [6, 6.07) is 7.56. The summed E-state index contributed by atoms with van der Waals surface area (Å²) in [5.74, 6) is -1.02. The van der Waals surface area contributed by atoms with Crippen LogP contribution in [-0.4, -0.2) is 16.6 Å². The van der Waals surface area contributed by atoms with Crippen LogP contribution in [0.3, 0.4) is 0 Å². The van der Waals surface area contributed by atoms with E-state index in [1.54, 1.807) is 0 Å². The predicted molar refractivity (Wildman–Crippen MR) is 47.3 cm³/mol. The van der Waals surface area contributed by atoms with Gasteiger partial charge in [0.15, 0.2) is 0 Å². The van der Waals surface area contributed by atoms with Crippen LogP contribution in [0.15, 0.2) is 24.3 Å². The molecule has 1 aliphatic rings. The van der Waals surface area contributed by atoms with Crippen LogP contribution in [0.4, 0.5) is 0 Å². The van der Waals surface area contributed by atoms with Crippen molar-refractivity contribution in [2.45, 2.75) is 18.4 Å². The molecule has 0 fully saturated rings. The second kappa shape index (κ2) is 2.57. The molecular weight excluding hydrogens is 166 g/mol. The molecule has 0 atom stereocenters. The van der Waals surface area contributed by atoms with Crippen molar-refractivity contribution < 1.29 is 9.90 Å². The Labute approximate surface area is 76.2 Å². The SMILES string of the molecule is [NH]C1(C(=O)O)Cc2ccccc2C1. The molecule has 1 aromatic carbocycles. The Morgan fingerprint density at radius 1 is 1.31 bits per heavy atom. The zero-order chi connectivity index (χ0) is 9.47. The van der Waals surface area contributed by atoms with Gasteiger partial charge in [-0.1, -0.05) is 24.3 Å². The fourth-order valence-electron chi connectivity index (χ4n) is 1.77. The molecule has 0 bridgehead atoms. The van der Waals surface area contributed by atoms with Gasteiger partial charge in [0, 0.05) is 12.8 Å². The molecule has 0 saturated heterocycles. The van der Waals surface area contributed by atoms with Gasteiger partial charge in [-0.3, -0.25) is 4.79 Å². The Morgan fingerprint density at radius 2 is 1.77 bits per heavy atom. The molecule has 2 rings (SSSR count). The van der Waals surface area contributed by atoms with Crippen molar-refractivity contribution in [1.82, 2.24) is 5.73 Å². The van der Waals surface area contributed by atoms with Crippen LogP contribution >= 0.6 is 0 Å². The molecule has 0 unspecified atom stereocenters. The lowest BCUT2D eigenvalue weighted by Gasteiger charge is -2.14. The summed E-state index contributed by atoms with van der Waals surface area (Å²) in [5.41, 5.74) is 8.39. The minimum atomic E-state index is -1.33. The molecule has 3 nitrogen and oxygen atoms in total. The van der Waals surface area contributed by atoms with E-state index in [4.69, 9.17) is 10.8 Å². The summed E-state index contributed by atoms with van der Waals surface area (Å²) in [4.78, 5) is 10.8. The zero-order valence-corrected chi connectivity index (χ0v) is 7.08. The quantitative estimate of drug-likeness (QED) is 0.690. The van der Waals surface area contributed by atoms with E-state index < -0.39 is 11.5 Å². The normalized spacial score (nSPS) is 18.2. The summed E-state index contributed by atoms with van der Waals surface area (Å²) in [6.45, 7) is 0. The number of carboxylic acid groups (broad SMARTS) is 1. The Hall–Kier alpha value is -1.35. The van der Waals surface area contributed by atoms with Crippen LogP contribution in [0.25, 0.3) is 0 Å². The van der Waals surface area contributed by atoms with Crippen molar-refractivity contribution in [3.05, 3.63) is 35.4 Å². The van der Waals surface area contributed by atoms with E-state index in [0.29, 0.717) is 12.8 Å². The predicted octanol–water partition coefficient (Wildman–Crippen LogP) is 0.891. The van der Waals surface area contributed by atoms with Crippen molar-refractivity contribution >= 4 is 5.97 Å². The molecule has 0 amide bonds. The third-order valence-corrected chi connectivity index (χ3v) is 2.51. The molecule has 0 spiro atoms. The number of benzene rings is 1. The van der Waals surface area contributed by atoms with Crippen molar-refractivity contribution in [3.8, 4) is 0 Å². The molecule has 67 valence electrons. The van der Waals surface area contributed by atoms with E-state index in [-0.39, 0.29) is 0 Å². The number of carboxylic acids is 1. The van der Waals surface area contributed by atoms with Gasteiger partial charge in [-0.15, -0.1) is 0 Å². The maximum atomic E-state index is 10.8. The summed E-state index contributed by atoms with van der Waals surface area (Å²) < 4.78 is 0. The highest BCUT2D eigenvalue weighted by Crippen LogP contribution is 2.29. The van der Waals surface area contributed by atoms with Gasteiger partial charge in [-0.25, -0.2) is 5.73 Å². The molecule has 1 radical (unpaired) electrons. The summed E-state index contributed by atoms with van der Waals surface area (Å²) >= 11 is 0. The molecule has 0 saturated carbocycles. The van der Waals surface area contributed by atoms with Gasteiger partial charge in [0.05, 0.1) is 0 Å². The first-order valence-corrected chi connectivity index (χ1v) is 4.17. The molecular formula is C10H10NO2. The Morgan fingerprint density at radius 3 is 2.15 bits per heavy atom. The van der Waals surface area contributed by atoms with E-state index in [2.05, 4.69) is 0 Å². The van der Waals surface area contributed by atoms with Gasteiger partial charge < -0.3 is 5.11 Å². The minimum Gasteiger partial charge on any atom is -0.480 e. The number of aliphatic carboxylic acids is 1. The number of fused-ring (bicyclic) bond motifs is 1. The first kappa shape index (κ1) is 8.26. The third kappa shape index (κ3) is 1.21. The van der Waals surface area contributed by atoms with E-state index in [1.807, 2.05) is 24.3 Å². The lowest BCUT2D eigenvalue weighted by Crippen LogP contribution is -2.41. The second-order valence-electron chi connectivity index (χ2n) is 3.51. The van der Waals surface area contributed by atoms with Crippen LogP contribution in [-0.2, 0) is 17.6 Å². The van der Waals surface area contributed by atoms with E-state index in [1.165, 1.54) is 0 Å². The highest BCUT2D eigenvalue weighted by Gasteiger charge is 2.40. The van der Waals surface area contributed by atoms with E-state index in [0.717, 1.165) is 11.1 Å². The number of nitrogens with one attached hydrogen (secondary N) is 1. The second-order valence-corrected chi connectivity index (χ2v) is 3.51. The Bertz CT molecular complexity index is 335. The topological polar surface area (TPSA) is 61.1 Å². The van der Waals surface area contributed by atoms with Gasteiger partial charge in [-0.05, 0) is 11.1 Å². The lowest BCUT2D eigenvalue weighted by molar-refractivity contribution is -0.143. The first-order chi connectivity index (χ1) is 6.12. The van der Waals surface area contributed by atoms with Crippen LogP contribution in [0.2, 0.25) is 0 Å². The highest BCUT2D eigenvalue weighted by atomic mass is 16.4. The van der Waals surface area contributed by atoms with Gasteiger partial charge in [-0.2, -0.15) is 0 Å². The fourth-order valence-corrected chi connectivity index (χ4v) is 1.77. The molecule has 1 aliphatic carbocycles. The summed E-state index contributed by atoms with van der Waals surface area (Å²) in [5, 5.41) is 8.86. The number of hydrogen-bond donors (Lipinski definition) is 1. The van der Waals surface area contributed by atoms with E-state index in [9.17, 15) is 4.79 Å². The van der Waals surface area contributed by atoms with Gasteiger partial charge in [0.25, 0.3) is 0 Å². The fraction of sp³-hybridized carbons (Fsp3) is 0.300. The molecule has 13 heavy (non-hydrogen) atoms. The Balaban J connectivity index is 2.37. The van der Waals surface area contributed by atoms with Crippen molar-refractivity contribution in [2.24, 2.45) is 0 Å². The number of rotatable bonds is 1. The van der Waals surface area contributed by atoms with Gasteiger partial charge in [0.1, 0.15) is 5.54 Å². The van der Waals surface area contributed by atoms with Crippen LogP contribution in [0, 0.1) is 0 Å². The Kier molecular flexibility index (Phi) is 1.63. The molecule has 2 N–H and O–H groups in total. The molecule has 0 aromatic heterocycles. The maximum Gasteiger partial charge on any atom is 0.325 e. The first-order valence-electron chi connectivity index (χ1n) is 4.17. The van der Waals surface area contributed by atoms with E-state index >= 15 is 0 Å². The van der Waals surface area contributed by atoms with Crippen LogP contribution in [0.5, 0.6) is 0 Å². The number of hydrogen-bond acceptors (Lipinski definition) is 1. The van der Waals surface area contributed by atoms with Crippen LogP contribution in [0.1, 0.15) is 11.1 Å². The number of carbonyl (C=O) groups is 1. The standard InChI is InChI=1S/C10H10NO2/c11-10(9(12)13)5-7-3-1-2-4-8(7)6-10/h1-4,11H,5-6H2,(H,12,13).